The summed E-state index contributed by atoms with van der Waals surface area (Å²) in [6.07, 6.45) is 3.09. The van der Waals surface area contributed by atoms with Crippen LogP contribution in [0.4, 0.5) is 10.5 Å². The molecule has 0 spiro atoms. The Morgan fingerprint density at radius 3 is 2.76 bits per heavy atom. The molecule has 4 N–H and O–H groups in total. The Bertz CT molecular complexity index is 407. The minimum absolute atomic E-state index is 0.166. The first kappa shape index (κ1) is 11.9. The lowest BCUT2D eigenvalue weighted by Crippen LogP contribution is -2.59. The van der Waals surface area contributed by atoms with Gasteiger partial charge in [-0.1, -0.05) is 12.1 Å². The van der Waals surface area contributed by atoms with Crippen molar-refractivity contribution < 1.29 is 4.79 Å². The Morgan fingerprint density at radius 1 is 1.47 bits per heavy atom. The Kier molecular flexibility index (Phi) is 3.33. The molecule has 2 rings (SSSR count). The van der Waals surface area contributed by atoms with Gasteiger partial charge in [0.15, 0.2) is 0 Å². The van der Waals surface area contributed by atoms with Crippen LogP contribution in [0.2, 0.25) is 0 Å². The Labute approximate surface area is 102 Å². The molecule has 4 heteroatoms. The summed E-state index contributed by atoms with van der Waals surface area (Å²) in [4.78, 5) is 11.8. The summed E-state index contributed by atoms with van der Waals surface area (Å²) in [6, 6.07) is 7.57. The van der Waals surface area contributed by atoms with Crippen molar-refractivity contribution in [2.24, 2.45) is 5.73 Å². The maximum absolute atomic E-state index is 11.8. The average Bonchev–Trinajstić information content (AvgIpc) is 2.23. The predicted octanol–water partition coefficient (Wildman–Crippen LogP) is 2.00. The van der Waals surface area contributed by atoms with Crippen LogP contribution < -0.4 is 16.4 Å². The lowest BCUT2D eigenvalue weighted by atomic mass is 9.77. The van der Waals surface area contributed by atoms with Crippen molar-refractivity contribution in [3.8, 4) is 0 Å². The Balaban J connectivity index is 1.93. The molecule has 0 aromatic heterocycles. The topological polar surface area (TPSA) is 67.2 Å². The van der Waals surface area contributed by atoms with Gasteiger partial charge in [0.05, 0.1) is 5.54 Å². The molecular weight excluding hydrogens is 214 g/mol. The summed E-state index contributed by atoms with van der Waals surface area (Å²) in [6.45, 7) is 2.50. The van der Waals surface area contributed by atoms with Crippen LogP contribution in [0.5, 0.6) is 0 Å². The van der Waals surface area contributed by atoms with Crippen molar-refractivity contribution in [3.05, 3.63) is 29.8 Å². The molecule has 1 aromatic rings. The SMILES string of the molecule is Cc1cccc(NC(=O)NC2(CN)CCC2)c1. The summed E-state index contributed by atoms with van der Waals surface area (Å²) in [5.41, 5.74) is 7.46. The fraction of sp³-hybridized carbons (Fsp3) is 0.462. The molecule has 1 aliphatic carbocycles. The fourth-order valence-corrected chi connectivity index (χ4v) is 2.11. The number of nitrogens with one attached hydrogen (secondary N) is 2. The van der Waals surface area contributed by atoms with E-state index in [1.54, 1.807) is 0 Å². The van der Waals surface area contributed by atoms with Crippen molar-refractivity contribution >= 4 is 11.7 Å². The maximum atomic E-state index is 11.8. The van der Waals surface area contributed by atoms with Crippen molar-refractivity contribution in [2.45, 2.75) is 31.7 Å². The molecule has 1 aliphatic rings. The second-order valence-electron chi connectivity index (χ2n) is 4.79. The molecule has 0 bridgehead atoms. The van der Waals surface area contributed by atoms with Crippen molar-refractivity contribution in [3.63, 3.8) is 0 Å². The van der Waals surface area contributed by atoms with E-state index < -0.39 is 0 Å². The summed E-state index contributed by atoms with van der Waals surface area (Å²) < 4.78 is 0. The second-order valence-corrected chi connectivity index (χ2v) is 4.79. The highest BCUT2D eigenvalue weighted by Gasteiger charge is 2.36. The van der Waals surface area contributed by atoms with Crippen LogP contribution in [0.25, 0.3) is 0 Å². The van der Waals surface area contributed by atoms with Crippen molar-refractivity contribution in [1.82, 2.24) is 5.32 Å². The molecule has 0 radical (unpaired) electrons. The van der Waals surface area contributed by atoms with E-state index in [2.05, 4.69) is 10.6 Å². The highest BCUT2D eigenvalue weighted by molar-refractivity contribution is 5.89. The van der Waals surface area contributed by atoms with E-state index in [0.29, 0.717) is 6.54 Å². The maximum Gasteiger partial charge on any atom is 0.319 e. The van der Waals surface area contributed by atoms with Crippen LogP contribution in [-0.2, 0) is 0 Å². The number of nitrogens with two attached hydrogens (primary N) is 1. The molecule has 0 aliphatic heterocycles. The number of urea groups is 1. The molecular formula is C13H19N3O. The van der Waals surface area contributed by atoms with Gasteiger partial charge in [0.1, 0.15) is 0 Å². The van der Waals surface area contributed by atoms with E-state index in [-0.39, 0.29) is 11.6 Å². The number of aryl methyl sites for hydroxylation is 1. The molecule has 0 atom stereocenters. The summed E-state index contributed by atoms with van der Waals surface area (Å²) in [7, 11) is 0. The van der Waals surface area contributed by atoms with Gasteiger partial charge in [-0.15, -0.1) is 0 Å². The summed E-state index contributed by atoms with van der Waals surface area (Å²) in [5, 5.41) is 5.81. The highest BCUT2D eigenvalue weighted by Crippen LogP contribution is 2.30. The zero-order valence-corrected chi connectivity index (χ0v) is 10.1. The number of hydrogen-bond donors (Lipinski definition) is 3. The van der Waals surface area contributed by atoms with Gasteiger partial charge in [-0.05, 0) is 43.9 Å². The lowest BCUT2D eigenvalue weighted by molar-refractivity contribution is 0.190. The minimum Gasteiger partial charge on any atom is -0.331 e. The van der Waals surface area contributed by atoms with Gasteiger partial charge in [0.25, 0.3) is 0 Å². The molecule has 2 amide bonds. The van der Waals surface area contributed by atoms with Gasteiger partial charge in [-0.2, -0.15) is 0 Å². The Hall–Kier alpha value is -1.55. The smallest absolute Gasteiger partial charge is 0.319 e. The van der Waals surface area contributed by atoms with E-state index >= 15 is 0 Å². The van der Waals surface area contributed by atoms with Crippen LogP contribution in [0, 0.1) is 6.92 Å². The molecule has 0 heterocycles. The zero-order valence-electron chi connectivity index (χ0n) is 10.1. The van der Waals surface area contributed by atoms with E-state index in [1.807, 2.05) is 31.2 Å². The van der Waals surface area contributed by atoms with Gasteiger partial charge in [0, 0.05) is 12.2 Å². The van der Waals surface area contributed by atoms with Crippen molar-refractivity contribution in [2.75, 3.05) is 11.9 Å². The van der Waals surface area contributed by atoms with Crippen LogP contribution in [0.3, 0.4) is 0 Å². The molecule has 1 saturated carbocycles. The highest BCUT2D eigenvalue weighted by atomic mass is 16.2. The number of carbonyl (C=O) groups is 1. The van der Waals surface area contributed by atoms with Gasteiger partial charge in [0.2, 0.25) is 0 Å². The first-order valence-corrected chi connectivity index (χ1v) is 5.99. The summed E-state index contributed by atoms with van der Waals surface area (Å²) >= 11 is 0. The normalized spacial score (nSPS) is 17.1. The minimum atomic E-state index is -0.173. The molecule has 1 aromatic carbocycles. The fourth-order valence-electron chi connectivity index (χ4n) is 2.11. The van der Waals surface area contributed by atoms with Gasteiger partial charge >= 0.3 is 6.03 Å². The third-order valence-corrected chi connectivity index (χ3v) is 3.36. The quantitative estimate of drug-likeness (QED) is 0.747. The third-order valence-electron chi connectivity index (χ3n) is 3.36. The monoisotopic (exact) mass is 233 g/mol. The Morgan fingerprint density at radius 2 is 2.24 bits per heavy atom. The van der Waals surface area contributed by atoms with Gasteiger partial charge in [-0.25, -0.2) is 4.79 Å². The first-order valence-electron chi connectivity index (χ1n) is 5.99. The summed E-state index contributed by atoms with van der Waals surface area (Å²) in [5.74, 6) is 0. The lowest BCUT2D eigenvalue weighted by Gasteiger charge is -2.41. The van der Waals surface area contributed by atoms with E-state index in [9.17, 15) is 4.79 Å². The largest absolute Gasteiger partial charge is 0.331 e. The number of benzene rings is 1. The molecule has 0 unspecified atom stereocenters. The zero-order chi connectivity index (χ0) is 12.3. The second kappa shape index (κ2) is 4.75. The molecule has 4 nitrogen and oxygen atoms in total. The molecule has 92 valence electrons. The van der Waals surface area contributed by atoms with Crippen LogP contribution >= 0.6 is 0 Å². The predicted molar refractivity (Wildman–Crippen MR) is 69.0 cm³/mol. The number of rotatable bonds is 3. The third kappa shape index (κ3) is 2.77. The van der Waals surface area contributed by atoms with E-state index in [0.717, 1.165) is 30.5 Å². The van der Waals surface area contributed by atoms with Crippen LogP contribution in [0.1, 0.15) is 24.8 Å². The van der Waals surface area contributed by atoms with Gasteiger partial charge < -0.3 is 16.4 Å². The van der Waals surface area contributed by atoms with E-state index in [4.69, 9.17) is 5.73 Å². The standard InChI is InChI=1S/C13H19N3O/c1-10-4-2-5-11(8-10)15-12(17)16-13(9-14)6-3-7-13/h2,4-5,8H,3,6-7,9,14H2,1H3,(H2,15,16,17). The number of hydrogen-bond acceptors (Lipinski definition) is 2. The van der Waals surface area contributed by atoms with E-state index in [1.165, 1.54) is 0 Å². The van der Waals surface area contributed by atoms with Gasteiger partial charge in [-0.3, -0.25) is 0 Å². The first-order chi connectivity index (χ1) is 8.13. The molecule has 1 fully saturated rings. The average molecular weight is 233 g/mol. The number of amides is 2. The van der Waals surface area contributed by atoms with Crippen molar-refractivity contribution in [1.29, 1.82) is 0 Å². The van der Waals surface area contributed by atoms with Crippen LogP contribution in [-0.4, -0.2) is 18.1 Å². The molecule has 17 heavy (non-hydrogen) atoms. The molecule has 0 saturated heterocycles. The number of carbonyl (C=O) groups excluding carboxylic acids is 1. The number of anilines is 1. The van der Waals surface area contributed by atoms with Crippen LogP contribution in [0.15, 0.2) is 24.3 Å².